The highest BCUT2D eigenvalue weighted by atomic mass is 35.5. The normalized spacial score (nSPS) is 20.1. The van der Waals surface area contributed by atoms with E-state index in [-0.39, 0.29) is 0 Å². The topological polar surface area (TPSA) is 49.3 Å². The van der Waals surface area contributed by atoms with E-state index >= 15 is 0 Å². The SMILES string of the molecule is CN=C(NCc1ccccc1COc1ccccc1Cl)N1CCC(N2CCOCC2)C1. The number of rotatable bonds is 6. The highest BCUT2D eigenvalue weighted by molar-refractivity contribution is 6.32. The molecule has 0 amide bonds. The molecule has 2 fully saturated rings. The van der Waals surface area contributed by atoms with Crippen LogP contribution in [0.25, 0.3) is 0 Å². The Kier molecular flexibility index (Phi) is 7.67. The van der Waals surface area contributed by atoms with E-state index in [0.717, 1.165) is 50.9 Å². The zero-order valence-electron chi connectivity index (χ0n) is 18.1. The summed E-state index contributed by atoms with van der Waals surface area (Å²) in [6.07, 6.45) is 1.17. The molecular formula is C24H31ClN4O2. The van der Waals surface area contributed by atoms with E-state index in [4.69, 9.17) is 21.1 Å². The number of hydrogen-bond acceptors (Lipinski definition) is 4. The van der Waals surface area contributed by atoms with Crippen LogP contribution in [0.2, 0.25) is 5.02 Å². The van der Waals surface area contributed by atoms with Gasteiger partial charge in [-0.1, -0.05) is 48.0 Å². The van der Waals surface area contributed by atoms with Crippen molar-refractivity contribution in [2.45, 2.75) is 25.6 Å². The predicted octanol–water partition coefficient (Wildman–Crippen LogP) is 3.40. The summed E-state index contributed by atoms with van der Waals surface area (Å²) in [6.45, 7) is 6.96. The van der Waals surface area contributed by atoms with Crippen LogP contribution in [0, 0.1) is 0 Å². The summed E-state index contributed by atoms with van der Waals surface area (Å²) in [5.41, 5.74) is 2.33. The summed E-state index contributed by atoms with van der Waals surface area (Å²) in [5, 5.41) is 4.18. The predicted molar refractivity (Wildman–Crippen MR) is 125 cm³/mol. The van der Waals surface area contributed by atoms with Gasteiger partial charge in [-0.25, -0.2) is 0 Å². The van der Waals surface area contributed by atoms with E-state index < -0.39 is 0 Å². The molecule has 0 bridgehead atoms. The summed E-state index contributed by atoms with van der Waals surface area (Å²) in [5.74, 6) is 1.66. The Balaban J connectivity index is 1.33. The van der Waals surface area contributed by atoms with Crippen molar-refractivity contribution < 1.29 is 9.47 Å². The Morgan fingerprint density at radius 3 is 2.61 bits per heavy atom. The molecule has 2 saturated heterocycles. The zero-order chi connectivity index (χ0) is 21.5. The maximum Gasteiger partial charge on any atom is 0.193 e. The number of benzene rings is 2. The first-order valence-corrected chi connectivity index (χ1v) is 11.3. The first kappa shape index (κ1) is 21.9. The van der Waals surface area contributed by atoms with Gasteiger partial charge in [0.1, 0.15) is 12.4 Å². The number of likely N-dealkylation sites (tertiary alicyclic amines) is 1. The van der Waals surface area contributed by atoms with Gasteiger partial charge in [0, 0.05) is 45.8 Å². The number of guanidine groups is 1. The van der Waals surface area contributed by atoms with Crippen LogP contribution in [0.4, 0.5) is 0 Å². The molecular weight excluding hydrogens is 412 g/mol. The standard InChI is InChI=1S/C24H31ClN4O2/c1-26-24(29-11-10-21(17-29)28-12-14-30-15-13-28)27-16-19-6-2-3-7-20(19)18-31-23-9-5-4-8-22(23)25/h2-9,21H,10-18H2,1H3,(H,26,27). The molecule has 7 heteroatoms. The quantitative estimate of drug-likeness (QED) is 0.549. The molecule has 1 N–H and O–H groups in total. The van der Waals surface area contributed by atoms with Crippen LogP contribution in [-0.4, -0.2) is 68.2 Å². The summed E-state index contributed by atoms with van der Waals surface area (Å²) < 4.78 is 11.5. The van der Waals surface area contributed by atoms with Gasteiger partial charge in [-0.3, -0.25) is 9.89 Å². The first-order valence-electron chi connectivity index (χ1n) is 11.0. The lowest BCUT2D eigenvalue weighted by molar-refractivity contribution is 0.0195. The van der Waals surface area contributed by atoms with E-state index in [1.54, 1.807) is 0 Å². The van der Waals surface area contributed by atoms with Gasteiger partial charge in [-0.2, -0.15) is 0 Å². The molecule has 2 heterocycles. The largest absolute Gasteiger partial charge is 0.487 e. The lowest BCUT2D eigenvalue weighted by Gasteiger charge is -2.32. The third kappa shape index (κ3) is 5.70. The smallest absolute Gasteiger partial charge is 0.193 e. The average Bonchev–Trinajstić information content (AvgIpc) is 3.30. The van der Waals surface area contributed by atoms with E-state index in [1.165, 1.54) is 12.0 Å². The van der Waals surface area contributed by atoms with Crippen molar-refractivity contribution >= 4 is 17.6 Å². The number of nitrogens with one attached hydrogen (secondary N) is 1. The minimum atomic E-state index is 0.475. The summed E-state index contributed by atoms with van der Waals surface area (Å²) in [4.78, 5) is 9.46. The number of aliphatic imine (C=N–C) groups is 1. The van der Waals surface area contributed by atoms with Crippen LogP contribution in [0.3, 0.4) is 0 Å². The Bertz CT molecular complexity index is 885. The number of morpholine rings is 1. The second-order valence-electron chi connectivity index (χ2n) is 7.93. The molecule has 2 aromatic rings. The summed E-state index contributed by atoms with van der Waals surface area (Å²) in [7, 11) is 1.86. The lowest BCUT2D eigenvalue weighted by Crippen LogP contribution is -2.46. The van der Waals surface area contributed by atoms with Crippen molar-refractivity contribution in [1.29, 1.82) is 0 Å². The fourth-order valence-corrected chi connectivity index (χ4v) is 4.46. The Hall–Kier alpha value is -2.28. The minimum absolute atomic E-state index is 0.475. The van der Waals surface area contributed by atoms with E-state index in [2.05, 4.69) is 38.3 Å². The van der Waals surface area contributed by atoms with Crippen LogP contribution in [0.15, 0.2) is 53.5 Å². The molecule has 31 heavy (non-hydrogen) atoms. The van der Waals surface area contributed by atoms with Gasteiger partial charge in [0.15, 0.2) is 5.96 Å². The fraction of sp³-hybridized carbons (Fsp3) is 0.458. The molecule has 2 aromatic carbocycles. The fourth-order valence-electron chi connectivity index (χ4n) is 4.27. The van der Waals surface area contributed by atoms with E-state index in [0.29, 0.717) is 30.0 Å². The van der Waals surface area contributed by atoms with Crippen molar-refractivity contribution in [3.8, 4) is 5.75 Å². The number of ether oxygens (including phenoxy) is 2. The average molecular weight is 443 g/mol. The van der Waals surface area contributed by atoms with Gasteiger partial charge >= 0.3 is 0 Å². The lowest BCUT2D eigenvalue weighted by atomic mass is 10.1. The van der Waals surface area contributed by atoms with Gasteiger partial charge in [0.05, 0.1) is 18.2 Å². The molecule has 0 radical (unpaired) electrons. The molecule has 0 saturated carbocycles. The Morgan fingerprint density at radius 1 is 1.10 bits per heavy atom. The second kappa shape index (κ2) is 10.8. The molecule has 2 aliphatic rings. The van der Waals surface area contributed by atoms with Gasteiger partial charge in [-0.15, -0.1) is 0 Å². The monoisotopic (exact) mass is 442 g/mol. The van der Waals surface area contributed by atoms with E-state index in [1.807, 2.05) is 37.4 Å². The van der Waals surface area contributed by atoms with Crippen LogP contribution in [0.5, 0.6) is 5.75 Å². The molecule has 0 aliphatic carbocycles. The van der Waals surface area contributed by atoms with Crippen molar-refractivity contribution in [2.24, 2.45) is 4.99 Å². The summed E-state index contributed by atoms with van der Waals surface area (Å²) >= 11 is 6.22. The van der Waals surface area contributed by atoms with Crippen molar-refractivity contribution in [2.75, 3.05) is 46.4 Å². The molecule has 166 valence electrons. The van der Waals surface area contributed by atoms with Crippen molar-refractivity contribution in [3.63, 3.8) is 0 Å². The van der Waals surface area contributed by atoms with Crippen molar-refractivity contribution in [3.05, 3.63) is 64.7 Å². The maximum absolute atomic E-state index is 6.22. The van der Waals surface area contributed by atoms with Gasteiger partial charge in [0.2, 0.25) is 0 Å². The number of hydrogen-bond donors (Lipinski definition) is 1. The third-order valence-electron chi connectivity index (χ3n) is 6.01. The zero-order valence-corrected chi connectivity index (χ0v) is 18.9. The van der Waals surface area contributed by atoms with Gasteiger partial charge in [-0.05, 0) is 29.7 Å². The van der Waals surface area contributed by atoms with E-state index in [9.17, 15) is 0 Å². The molecule has 0 aromatic heterocycles. The molecule has 1 atom stereocenters. The molecule has 4 rings (SSSR count). The number of halogens is 1. The van der Waals surface area contributed by atoms with Crippen LogP contribution in [0.1, 0.15) is 17.5 Å². The van der Waals surface area contributed by atoms with Gasteiger partial charge in [0.25, 0.3) is 0 Å². The minimum Gasteiger partial charge on any atom is -0.487 e. The number of para-hydroxylation sites is 1. The Labute approximate surface area is 189 Å². The van der Waals surface area contributed by atoms with Gasteiger partial charge < -0.3 is 19.7 Å². The van der Waals surface area contributed by atoms with Crippen molar-refractivity contribution in [1.82, 2.24) is 15.1 Å². The van der Waals surface area contributed by atoms with Crippen LogP contribution in [-0.2, 0) is 17.9 Å². The Morgan fingerprint density at radius 2 is 1.84 bits per heavy atom. The second-order valence-corrected chi connectivity index (χ2v) is 8.33. The molecule has 6 nitrogen and oxygen atoms in total. The highest BCUT2D eigenvalue weighted by Crippen LogP contribution is 2.24. The maximum atomic E-state index is 6.22. The molecule has 0 spiro atoms. The number of nitrogens with zero attached hydrogens (tertiary/aromatic N) is 3. The first-order chi connectivity index (χ1) is 15.2. The molecule has 2 aliphatic heterocycles. The highest BCUT2D eigenvalue weighted by Gasteiger charge is 2.30. The summed E-state index contributed by atoms with van der Waals surface area (Å²) in [6, 6.07) is 16.5. The van der Waals surface area contributed by atoms with Crippen LogP contribution >= 0.6 is 11.6 Å². The molecule has 1 unspecified atom stereocenters. The third-order valence-corrected chi connectivity index (χ3v) is 6.32. The van der Waals surface area contributed by atoms with Crippen LogP contribution < -0.4 is 10.1 Å².